The first-order valence-electron chi connectivity index (χ1n) is 5.17. The van der Waals surface area contributed by atoms with Crippen molar-refractivity contribution in [2.45, 2.75) is 6.42 Å². The number of aliphatic hydroxyl groups is 1. The van der Waals surface area contributed by atoms with Gasteiger partial charge in [-0.1, -0.05) is 11.6 Å². The van der Waals surface area contributed by atoms with Gasteiger partial charge >= 0.3 is 10.2 Å². The third-order valence-electron chi connectivity index (χ3n) is 2.21. The molecule has 1 rings (SSSR count). The Morgan fingerprint density at radius 2 is 2.17 bits per heavy atom. The lowest BCUT2D eigenvalue weighted by Crippen LogP contribution is -2.33. The van der Waals surface area contributed by atoms with Crippen molar-refractivity contribution in [2.24, 2.45) is 0 Å². The summed E-state index contributed by atoms with van der Waals surface area (Å²) in [5.41, 5.74) is 0.419. The Morgan fingerprint density at radius 1 is 1.50 bits per heavy atom. The first-order valence-corrected chi connectivity index (χ1v) is 7.78. The number of anilines is 1. The topological polar surface area (TPSA) is 69.6 Å². The molecule has 0 aromatic heterocycles. The van der Waals surface area contributed by atoms with E-state index in [4.69, 9.17) is 16.7 Å². The van der Waals surface area contributed by atoms with Crippen molar-refractivity contribution in [1.29, 1.82) is 0 Å². The number of halogens is 2. The Bertz CT molecular complexity index is 510. The van der Waals surface area contributed by atoms with E-state index in [1.165, 1.54) is 7.05 Å². The molecule has 0 aliphatic heterocycles. The van der Waals surface area contributed by atoms with Gasteiger partial charge in [-0.15, -0.1) is 0 Å². The Balaban J connectivity index is 2.78. The van der Waals surface area contributed by atoms with Gasteiger partial charge in [-0.2, -0.15) is 12.7 Å². The highest BCUT2D eigenvalue weighted by atomic mass is 79.9. The van der Waals surface area contributed by atoms with Crippen molar-refractivity contribution in [3.05, 3.63) is 27.7 Å². The van der Waals surface area contributed by atoms with Crippen LogP contribution in [0.2, 0.25) is 5.02 Å². The van der Waals surface area contributed by atoms with Crippen LogP contribution in [0.5, 0.6) is 0 Å². The zero-order valence-electron chi connectivity index (χ0n) is 9.73. The molecule has 1 aromatic rings. The fourth-order valence-corrected chi connectivity index (χ4v) is 2.65. The molecule has 102 valence electrons. The Hall–Kier alpha value is -0.340. The minimum atomic E-state index is -3.61. The van der Waals surface area contributed by atoms with Gasteiger partial charge in [0.15, 0.2) is 0 Å². The van der Waals surface area contributed by atoms with E-state index in [1.807, 2.05) is 0 Å². The van der Waals surface area contributed by atoms with Crippen molar-refractivity contribution >= 4 is 43.4 Å². The molecule has 5 nitrogen and oxygen atoms in total. The SMILES string of the molecule is CN(CCCO)S(=O)(=O)Nc1ccc(Cl)c(Br)c1. The van der Waals surface area contributed by atoms with Crippen molar-refractivity contribution in [2.75, 3.05) is 24.9 Å². The van der Waals surface area contributed by atoms with E-state index < -0.39 is 10.2 Å². The molecule has 0 heterocycles. The Labute approximate surface area is 120 Å². The van der Waals surface area contributed by atoms with Crippen molar-refractivity contribution in [1.82, 2.24) is 4.31 Å². The highest BCUT2D eigenvalue weighted by Crippen LogP contribution is 2.26. The molecule has 0 unspecified atom stereocenters. The highest BCUT2D eigenvalue weighted by Gasteiger charge is 2.17. The monoisotopic (exact) mass is 356 g/mol. The lowest BCUT2D eigenvalue weighted by Gasteiger charge is -2.18. The standard InChI is InChI=1S/C10H14BrClN2O3S/c1-14(5-2-6-15)18(16,17)13-8-3-4-10(12)9(11)7-8/h3-4,7,13,15H,2,5-6H2,1H3. The number of nitrogens with zero attached hydrogens (tertiary/aromatic N) is 1. The second kappa shape index (κ2) is 6.72. The predicted octanol–water partition coefficient (Wildman–Crippen LogP) is 2.07. The summed E-state index contributed by atoms with van der Waals surface area (Å²) in [5, 5.41) is 9.18. The van der Waals surface area contributed by atoms with Crippen LogP contribution in [0.15, 0.2) is 22.7 Å². The van der Waals surface area contributed by atoms with Gasteiger partial charge in [-0.05, 0) is 40.5 Å². The summed E-state index contributed by atoms with van der Waals surface area (Å²) in [6, 6.07) is 4.75. The molecule has 0 aliphatic rings. The summed E-state index contributed by atoms with van der Waals surface area (Å²) in [4.78, 5) is 0. The van der Waals surface area contributed by atoms with E-state index in [0.29, 0.717) is 21.6 Å². The zero-order chi connectivity index (χ0) is 13.8. The second-order valence-corrected chi connectivity index (χ2v) is 6.67. The smallest absolute Gasteiger partial charge is 0.301 e. The van der Waals surface area contributed by atoms with Crippen LogP contribution >= 0.6 is 27.5 Å². The van der Waals surface area contributed by atoms with Gasteiger partial charge in [0.2, 0.25) is 0 Å². The summed E-state index contributed by atoms with van der Waals surface area (Å²) in [6.07, 6.45) is 0.391. The third-order valence-corrected chi connectivity index (χ3v) is 4.92. The molecule has 0 amide bonds. The van der Waals surface area contributed by atoms with Gasteiger partial charge in [0.1, 0.15) is 0 Å². The van der Waals surface area contributed by atoms with Gasteiger partial charge in [0.25, 0.3) is 0 Å². The Morgan fingerprint density at radius 3 is 2.72 bits per heavy atom. The minimum absolute atomic E-state index is 0.0493. The number of aliphatic hydroxyl groups excluding tert-OH is 1. The lowest BCUT2D eigenvalue weighted by molar-refractivity contribution is 0.276. The summed E-state index contributed by atoms with van der Waals surface area (Å²) in [7, 11) is -2.16. The highest BCUT2D eigenvalue weighted by molar-refractivity contribution is 9.10. The van der Waals surface area contributed by atoms with E-state index in [0.717, 1.165) is 4.31 Å². The average Bonchev–Trinajstić information content (AvgIpc) is 2.30. The van der Waals surface area contributed by atoms with E-state index in [-0.39, 0.29) is 13.2 Å². The van der Waals surface area contributed by atoms with Crippen LogP contribution in [0.25, 0.3) is 0 Å². The van der Waals surface area contributed by atoms with Gasteiger partial charge in [-0.25, -0.2) is 0 Å². The quantitative estimate of drug-likeness (QED) is 0.819. The maximum absolute atomic E-state index is 11.9. The molecular weight excluding hydrogens is 344 g/mol. The molecule has 0 fully saturated rings. The number of benzene rings is 1. The van der Waals surface area contributed by atoms with Crippen LogP contribution in [-0.2, 0) is 10.2 Å². The van der Waals surface area contributed by atoms with E-state index >= 15 is 0 Å². The first kappa shape index (κ1) is 15.7. The van der Waals surface area contributed by atoms with E-state index in [9.17, 15) is 8.42 Å². The summed E-state index contributed by atoms with van der Waals surface area (Å²) >= 11 is 9.04. The van der Waals surface area contributed by atoms with Gasteiger partial charge in [-0.3, -0.25) is 4.72 Å². The van der Waals surface area contributed by atoms with Crippen LogP contribution in [0, 0.1) is 0 Å². The molecule has 0 saturated heterocycles. The van der Waals surface area contributed by atoms with Crippen LogP contribution in [0.4, 0.5) is 5.69 Å². The van der Waals surface area contributed by atoms with Gasteiger partial charge < -0.3 is 5.11 Å². The normalized spacial score (nSPS) is 11.8. The fraction of sp³-hybridized carbons (Fsp3) is 0.400. The predicted molar refractivity (Wildman–Crippen MR) is 76.0 cm³/mol. The molecular formula is C10H14BrClN2O3S. The van der Waals surface area contributed by atoms with Crippen LogP contribution in [0.1, 0.15) is 6.42 Å². The van der Waals surface area contributed by atoms with Gasteiger partial charge in [0, 0.05) is 24.7 Å². The summed E-state index contributed by atoms with van der Waals surface area (Å²) in [6.45, 7) is 0.201. The fourth-order valence-electron chi connectivity index (χ4n) is 1.20. The zero-order valence-corrected chi connectivity index (χ0v) is 12.9. The molecule has 2 N–H and O–H groups in total. The molecule has 0 aliphatic carbocycles. The molecule has 0 radical (unpaired) electrons. The molecule has 18 heavy (non-hydrogen) atoms. The average molecular weight is 358 g/mol. The van der Waals surface area contributed by atoms with Crippen molar-refractivity contribution in [3.8, 4) is 0 Å². The van der Waals surface area contributed by atoms with E-state index in [2.05, 4.69) is 20.7 Å². The maximum atomic E-state index is 11.9. The second-order valence-electron chi connectivity index (χ2n) is 3.63. The Kier molecular flexibility index (Phi) is 5.87. The lowest BCUT2D eigenvalue weighted by atomic mass is 10.3. The number of nitrogens with one attached hydrogen (secondary N) is 1. The number of hydrogen-bond acceptors (Lipinski definition) is 3. The molecule has 0 saturated carbocycles. The summed E-state index contributed by atoms with van der Waals surface area (Å²) in [5.74, 6) is 0. The maximum Gasteiger partial charge on any atom is 0.301 e. The molecule has 0 spiro atoms. The van der Waals surface area contributed by atoms with E-state index in [1.54, 1.807) is 18.2 Å². The number of rotatable bonds is 6. The molecule has 0 bridgehead atoms. The van der Waals surface area contributed by atoms with Crippen molar-refractivity contribution < 1.29 is 13.5 Å². The molecule has 1 aromatic carbocycles. The first-order chi connectivity index (χ1) is 8.36. The third kappa shape index (κ3) is 4.40. The van der Waals surface area contributed by atoms with Crippen LogP contribution in [0.3, 0.4) is 0 Å². The van der Waals surface area contributed by atoms with Crippen LogP contribution < -0.4 is 4.72 Å². The van der Waals surface area contributed by atoms with Crippen molar-refractivity contribution in [3.63, 3.8) is 0 Å². The summed E-state index contributed by atoms with van der Waals surface area (Å²) < 4.78 is 28.0. The van der Waals surface area contributed by atoms with Crippen LogP contribution in [-0.4, -0.2) is 38.0 Å². The molecule has 8 heteroatoms. The minimum Gasteiger partial charge on any atom is -0.396 e. The van der Waals surface area contributed by atoms with Gasteiger partial charge in [0.05, 0.1) is 10.7 Å². The molecule has 0 atom stereocenters. The number of hydrogen-bond donors (Lipinski definition) is 2. The largest absolute Gasteiger partial charge is 0.396 e.